The lowest BCUT2D eigenvalue weighted by molar-refractivity contribution is -0.129. The van der Waals surface area contributed by atoms with E-state index in [4.69, 9.17) is 11.5 Å². The highest BCUT2D eigenvalue weighted by molar-refractivity contribution is 5.87. The van der Waals surface area contributed by atoms with Crippen LogP contribution >= 0.6 is 12.4 Å². The van der Waals surface area contributed by atoms with Crippen molar-refractivity contribution in [1.29, 1.82) is 0 Å². The highest BCUT2D eigenvalue weighted by atomic mass is 35.5. The van der Waals surface area contributed by atoms with Gasteiger partial charge in [0.05, 0.1) is 0 Å². The van der Waals surface area contributed by atoms with Crippen molar-refractivity contribution in [2.24, 2.45) is 16.5 Å². The SMILES string of the molecule is CCCCCCCCCCCCCCCCCC(=O)NC(CCCN=C(N)N)C(=O)NCCCCCCCCCCCC.Cl. The third kappa shape index (κ3) is 33.4. The summed E-state index contributed by atoms with van der Waals surface area (Å²) >= 11 is 0. The van der Waals surface area contributed by atoms with E-state index in [1.54, 1.807) is 0 Å². The number of carbonyl (C=O) groups excluding carboxylic acids is 2. The van der Waals surface area contributed by atoms with Crippen LogP contribution in [0.5, 0.6) is 0 Å². The highest BCUT2D eigenvalue weighted by Gasteiger charge is 2.19. The number of nitrogens with two attached hydrogens (primary N) is 2. The Hall–Kier alpha value is -1.50. The molecule has 0 radical (unpaired) electrons. The molecule has 6 N–H and O–H groups in total. The van der Waals surface area contributed by atoms with Gasteiger partial charge in [0.15, 0.2) is 5.96 Å². The summed E-state index contributed by atoms with van der Waals surface area (Å²) in [7, 11) is 0. The van der Waals surface area contributed by atoms with Crippen LogP contribution in [0.15, 0.2) is 4.99 Å². The lowest BCUT2D eigenvalue weighted by Gasteiger charge is -2.18. The number of aliphatic imine (C=N–C) groups is 1. The first-order chi connectivity index (χ1) is 21.0. The lowest BCUT2D eigenvalue weighted by Crippen LogP contribution is -2.47. The van der Waals surface area contributed by atoms with E-state index in [1.165, 1.54) is 135 Å². The quantitative estimate of drug-likeness (QED) is 0.0323. The van der Waals surface area contributed by atoms with E-state index in [1.807, 2.05) is 0 Å². The van der Waals surface area contributed by atoms with Crippen LogP contribution in [0.25, 0.3) is 0 Å². The predicted molar refractivity (Wildman–Crippen MR) is 193 cm³/mol. The van der Waals surface area contributed by atoms with Crippen LogP contribution in [0, 0.1) is 0 Å². The van der Waals surface area contributed by atoms with Gasteiger partial charge in [-0.1, -0.05) is 162 Å². The monoisotopic (exact) mass is 644 g/mol. The molecule has 7 nitrogen and oxygen atoms in total. The molecule has 0 aromatic rings. The fraction of sp³-hybridized carbons (Fsp3) is 0.917. The third-order valence-electron chi connectivity index (χ3n) is 8.43. The molecule has 0 bridgehead atoms. The minimum Gasteiger partial charge on any atom is -0.370 e. The molecule has 0 rings (SSSR count). The third-order valence-corrected chi connectivity index (χ3v) is 8.43. The number of nitrogens with one attached hydrogen (secondary N) is 2. The summed E-state index contributed by atoms with van der Waals surface area (Å²) in [4.78, 5) is 29.5. The first kappa shape index (κ1) is 44.6. The topological polar surface area (TPSA) is 123 Å². The Labute approximate surface area is 279 Å². The zero-order chi connectivity index (χ0) is 31.6. The van der Waals surface area contributed by atoms with Crippen LogP contribution in [0.3, 0.4) is 0 Å². The van der Waals surface area contributed by atoms with Gasteiger partial charge in [-0.3, -0.25) is 14.6 Å². The number of halogens is 1. The largest absolute Gasteiger partial charge is 0.370 e. The molecule has 1 atom stereocenters. The molecular formula is C36H74ClN5O2. The molecule has 262 valence electrons. The van der Waals surface area contributed by atoms with Gasteiger partial charge in [0.25, 0.3) is 0 Å². The lowest BCUT2D eigenvalue weighted by atomic mass is 10.0. The Morgan fingerprint density at radius 1 is 0.568 bits per heavy atom. The summed E-state index contributed by atoms with van der Waals surface area (Å²) in [5, 5.41) is 6.03. The van der Waals surface area contributed by atoms with E-state index >= 15 is 0 Å². The molecule has 0 heterocycles. The van der Waals surface area contributed by atoms with E-state index < -0.39 is 6.04 Å². The number of hydrogen-bond acceptors (Lipinski definition) is 3. The fourth-order valence-electron chi connectivity index (χ4n) is 5.64. The molecule has 44 heavy (non-hydrogen) atoms. The molecule has 0 aliphatic heterocycles. The fourth-order valence-corrected chi connectivity index (χ4v) is 5.64. The number of guanidine groups is 1. The van der Waals surface area contributed by atoms with Crippen molar-refractivity contribution in [3.63, 3.8) is 0 Å². The molecule has 0 spiro atoms. The Morgan fingerprint density at radius 3 is 1.36 bits per heavy atom. The van der Waals surface area contributed by atoms with E-state index in [-0.39, 0.29) is 30.2 Å². The van der Waals surface area contributed by atoms with Gasteiger partial charge in [0.1, 0.15) is 6.04 Å². The Morgan fingerprint density at radius 2 is 0.955 bits per heavy atom. The van der Waals surface area contributed by atoms with E-state index in [9.17, 15) is 9.59 Å². The Balaban J connectivity index is 0. The molecular weight excluding hydrogens is 570 g/mol. The highest BCUT2D eigenvalue weighted by Crippen LogP contribution is 2.14. The second-order valence-corrected chi connectivity index (χ2v) is 12.7. The Bertz CT molecular complexity index is 658. The maximum atomic E-state index is 12.9. The number of rotatable bonds is 33. The second-order valence-electron chi connectivity index (χ2n) is 12.7. The first-order valence-electron chi connectivity index (χ1n) is 18.6. The molecule has 0 aromatic heterocycles. The molecule has 0 saturated carbocycles. The van der Waals surface area contributed by atoms with Crippen molar-refractivity contribution >= 4 is 30.2 Å². The van der Waals surface area contributed by atoms with Gasteiger partial charge < -0.3 is 22.1 Å². The number of nitrogens with zero attached hydrogens (tertiary/aromatic N) is 1. The van der Waals surface area contributed by atoms with Crippen molar-refractivity contribution in [3.8, 4) is 0 Å². The van der Waals surface area contributed by atoms with Gasteiger partial charge >= 0.3 is 0 Å². The van der Waals surface area contributed by atoms with Gasteiger partial charge in [-0.15, -0.1) is 12.4 Å². The molecule has 0 aliphatic carbocycles. The molecule has 1 unspecified atom stereocenters. The van der Waals surface area contributed by atoms with Crippen LogP contribution in [-0.4, -0.2) is 36.9 Å². The first-order valence-corrected chi connectivity index (χ1v) is 18.6. The number of hydrogen-bond donors (Lipinski definition) is 4. The molecule has 8 heteroatoms. The van der Waals surface area contributed by atoms with Crippen molar-refractivity contribution in [2.75, 3.05) is 13.1 Å². The van der Waals surface area contributed by atoms with Gasteiger partial charge in [-0.05, 0) is 25.7 Å². The number of carbonyl (C=O) groups is 2. The summed E-state index contributed by atoms with van der Waals surface area (Å²) in [5.41, 5.74) is 10.9. The van der Waals surface area contributed by atoms with Crippen molar-refractivity contribution in [1.82, 2.24) is 10.6 Å². The summed E-state index contributed by atoms with van der Waals surface area (Å²) < 4.78 is 0. The van der Waals surface area contributed by atoms with Gasteiger partial charge in [0, 0.05) is 19.5 Å². The minimum absolute atomic E-state index is 0. The van der Waals surface area contributed by atoms with Crippen LogP contribution in [0.4, 0.5) is 0 Å². The summed E-state index contributed by atoms with van der Waals surface area (Å²) in [6.07, 6.45) is 33.9. The average Bonchev–Trinajstić information content (AvgIpc) is 2.99. The average molecular weight is 644 g/mol. The summed E-state index contributed by atoms with van der Waals surface area (Å²) in [5.74, 6) is -0.0692. The predicted octanol–water partition coefficient (Wildman–Crippen LogP) is 9.25. The van der Waals surface area contributed by atoms with Gasteiger partial charge in [-0.2, -0.15) is 0 Å². The smallest absolute Gasteiger partial charge is 0.242 e. The molecule has 0 fully saturated rings. The summed E-state index contributed by atoms with van der Waals surface area (Å²) in [6.45, 7) is 5.65. The zero-order valence-electron chi connectivity index (χ0n) is 29.1. The molecule has 0 aliphatic rings. The van der Waals surface area contributed by atoms with E-state index in [0.29, 0.717) is 32.4 Å². The van der Waals surface area contributed by atoms with Crippen LogP contribution < -0.4 is 22.1 Å². The van der Waals surface area contributed by atoms with E-state index in [0.717, 1.165) is 25.7 Å². The maximum absolute atomic E-state index is 12.9. The van der Waals surface area contributed by atoms with Crippen LogP contribution in [0.1, 0.15) is 194 Å². The standard InChI is InChI=1S/C36H73N5O2.ClH/c1-3-5-7-9-11-13-15-16-17-18-19-20-22-24-26-30-34(42)41-33(29-28-32-40-36(37)38)35(43)39-31-27-25-23-21-14-12-10-8-6-4-2;/h33H,3-32H2,1-2H3,(H,39,43)(H,41,42)(H4,37,38,40);1H. The number of unbranched alkanes of at least 4 members (excludes halogenated alkanes) is 23. The Kier molecular flexibility index (Phi) is 36.5. The van der Waals surface area contributed by atoms with Gasteiger partial charge in [0.2, 0.25) is 11.8 Å². The molecule has 0 aromatic carbocycles. The summed E-state index contributed by atoms with van der Waals surface area (Å²) in [6, 6.07) is -0.527. The van der Waals surface area contributed by atoms with Crippen molar-refractivity contribution in [2.45, 2.75) is 200 Å². The van der Waals surface area contributed by atoms with Crippen molar-refractivity contribution in [3.05, 3.63) is 0 Å². The van der Waals surface area contributed by atoms with E-state index in [2.05, 4.69) is 29.5 Å². The zero-order valence-corrected chi connectivity index (χ0v) is 29.9. The van der Waals surface area contributed by atoms with Gasteiger partial charge in [-0.25, -0.2) is 0 Å². The maximum Gasteiger partial charge on any atom is 0.242 e. The number of amides is 2. The van der Waals surface area contributed by atoms with Crippen molar-refractivity contribution < 1.29 is 9.59 Å². The second kappa shape index (κ2) is 36.0. The minimum atomic E-state index is -0.527. The van der Waals surface area contributed by atoms with Crippen LogP contribution in [-0.2, 0) is 9.59 Å². The molecule has 0 saturated heterocycles. The normalized spacial score (nSPS) is 11.5. The molecule has 2 amide bonds. The van der Waals surface area contributed by atoms with Crippen LogP contribution in [0.2, 0.25) is 0 Å².